The van der Waals surface area contributed by atoms with Crippen LogP contribution in [-0.2, 0) is 4.79 Å². The molecule has 0 aliphatic heterocycles. The average Bonchev–Trinajstić information content (AvgIpc) is 2.17. The fraction of sp³-hybridized carbons (Fsp3) is 0.900. The number of hydrogen-bond acceptors (Lipinski definition) is 2. The smallest absolute Gasteiger partial charge is 0.188 e. The molecule has 0 N–H and O–H groups in total. The van der Waals surface area contributed by atoms with Gasteiger partial charge in [-0.2, -0.15) is 0 Å². The molecule has 0 aromatic heterocycles. The maximum Gasteiger partial charge on any atom is 0.188 e. The third-order valence-corrected chi connectivity index (χ3v) is 2.97. The maximum absolute atomic E-state index is 13.0. The van der Waals surface area contributed by atoms with Crippen LogP contribution in [0, 0.1) is 0 Å². The van der Waals surface area contributed by atoms with Gasteiger partial charge >= 0.3 is 0 Å². The van der Waals surface area contributed by atoms with Gasteiger partial charge in [-0.3, -0.25) is 9.18 Å². The van der Waals surface area contributed by atoms with Crippen molar-refractivity contribution in [2.24, 2.45) is 0 Å². The van der Waals surface area contributed by atoms with E-state index in [1.165, 1.54) is 0 Å². The summed E-state index contributed by atoms with van der Waals surface area (Å²) in [5.74, 6) is 0.371. The normalized spacial score (nSPS) is 14.9. The summed E-state index contributed by atoms with van der Waals surface area (Å²) >= 11 is 1.07. The van der Waals surface area contributed by atoms with Gasteiger partial charge in [0.1, 0.15) is 12.3 Å². The molecule has 0 aromatic rings. The van der Waals surface area contributed by atoms with Crippen LogP contribution in [0.2, 0.25) is 0 Å². The lowest BCUT2D eigenvalue weighted by Gasteiger charge is -2.10. The standard InChI is InChI=1S/C10H17F3OS/c1-2-10(14)15-6-4-9(13)7-8(12)3-5-11/h8-9H,2-7H2,1H3. The molecule has 0 rings (SSSR count). The number of carbonyl (C=O) groups excluding carboxylic acids is 1. The van der Waals surface area contributed by atoms with E-state index < -0.39 is 19.0 Å². The number of carbonyl (C=O) groups is 1. The molecular formula is C10H17F3OS. The van der Waals surface area contributed by atoms with Gasteiger partial charge < -0.3 is 0 Å². The van der Waals surface area contributed by atoms with Crippen molar-refractivity contribution in [3.8, 4) is 0 Å². The first-order chi connectivity index (χ1) is 7.10. The minimum absolute atomic E-state index is 0.0164. The van der Waals surface area contributed by atoms with Gasteiger partial charge in [0.05, 0.1) is 6.67 Å². The van der Waals surface area contributed by atoms with Crippen molar-refractivity contribution in [1.29, 1.82) is 0 Å². The summed E-state index contributed by atoms with van der Waals surface area (Å²) < 4.78 is 37.5. The van der Waals surface area contributed by atoms with E-state index in [-0.39, 0.29) is 24.4 Å². The molecule has 1 nitrogen and oxygen atoms in total. The molecule has 0 heterocycles. The Morgan fingerprint density at radius 1 is 1.27 bits per heavy atom. The van der Waals surface area contributed by atoms with E-state index in [0.29, 0.717) is 12.2 Å². The van der Waals surface area contributed by atoms with Crippen LogP contribution in [0.5, 0.6) is 0 Å². The third-order valence-electron chi connectivity index (χ3n) is 1.92. The molecule has 0 bridgehead atoms. The Hall–Kier alpha value is -0.190. The first kappa shape index (κ1) is 14.8. The van der Waals surface area contributed by atoms with Crippen LogP contribution in [-0.4, -0.2) is 29.9 Å². The van der Waals surface area contributed by atoms with E-state index in [0.717, 1.165) is 11.8 Å². The predicted molar refractivity (Wildman–Crippen MR) is 57.4 cm³/mol. The Kier molecular flexibility index (Phi) is 8.95. The monoisotopic (exact) mass is 242 g/mol. The molecule has 2 atom stereocenters. The molecule has 15 heavy (non-hydrogen) atoms. The average molecular weight is 242 g/mol. The van der Waals surface area contributed by atoms with Crippen LogP contribution in [0.3, 0.4) is 0 Å². The van der Waals surface area contributed by atoms with Crippen LogP contribution in [0.4, 0.5) is 13.2 Å². The minimum atomic E-state index is -1.41. The highest BCUT2D eigenvalue weighted by Gasteiger charge is 2.15. The van der Waals surface area contributed by atoms with Gasteiger partial charge in [0.25, 0.3) is 0 Å². The fourth-order valence-electron chi connectivity index (χ4n) is 1.03. The maximum atomic E-state index is 13.0. The van der Waals surface area contributed by atoms with Gasteiger partial charge in [-0.1, -0.05) is 18.7 Å². The molecule has 0 aliphatic rings. The summed E-state index contributed by atoms with van der Waals surface area (Å²) in [5.41, 5.74) is 0. The summed E-state index contributed by atoms with van der Waals surface area (Å²) in [5, 5.41) is 0.0164. The first-order valence-corrected chi connectivity index (χ1v) is 6.08. The Bertz CT molecular complexity index is 178. The zero-order chi connectivity index (χ0) is 11.7. The van der Waals surface area contributed by atoms with E-state index in [4.69, 9.17) is 0 Å². The molecule has 5 heteroatoms. The summed E-state index contributed by atoms with van der Waals surface area (Å²) in [4.78, 5) is 10.8. The highest BCUT2D eigenvalue weighted by Crippen LogP contribution is 2.16. The van der Waals surface area contributed by atoms with Gasteiger partial charge in [0, 0.05) is 25.0 Å². The number of halogens is 3. The predicted octanol–water partition coefficient (Wildman–Crippen LogP) is 3.47. The van der Waals surface area contributed by atoms with E-state index >= 15 is 0 Å². The van der Waals surface area contributed by atoms with Crippen molar-refractivity contribution < 1.29 is 18.0 Å². The molecule has 0 spiro atoms. The lowest BCUT2D eigenvalue weighted by atomic mass is 10.1. The Morgan fingerprint density at radius 3 is 2.40 bits per heavy atom. The summed E-state index contributed by atoms with van der Waals surface area (Å²) in [7, 11) is 0. The SMILES string of the molecule is CCC(=O)SCCC(F)CC(F)CCF. The van der Waals surface area contributed by atoms with Gasteiger partial charge in [0.2, 0.25) is 0 Å². The Morgan fingerprint density at radius 2 is 1.87 bits per heavy atom. The van der Waals surface area contributed by atoms with Crippen molar-refractivity contribution in [2.45, 2.75) is 45.0 Å². The topological polar surface area (TPSA) is 17.1 Å². The lowest BCUT2D eigenvalue weighted by Crippen LogP contribution is -2.12. The summed E-state index contributed by atoms with van der Waals surface area (Å²) in [6.07, 6.45) is -2.59. The van der Waals surface area contributed by atoms with Crippen LogP contribution >= 0.6 is 11.8 Å². The Labute approximate surface area is 92.8 Å². The van der Waals surface area contributed by atoms with E-state index in [9.17, 15) is 18.0 Å². The largest absolute Gasteiger partial charge is 0.287 e. The highest BCUT2D eigenvalue weighted by atomic mass is 32.2. The van der Waals surface area contributed by atoms with Gasteiger partial charge in [-0.15, -0.1) is 0 Å². The minimum Gasteiger partial charge on any atom is -0.287 e. The molecule has 0 saturated heterocycles. The molecular weight excluding hydrogens is 225 g/mol. The van der Waals surface area contributed by atoms with Gasteiger partial charge in [-0.25, -0.2) is 8.78 Å². The van der Waals surface area contributed by atoms with Crippen LogP contribution in [0.15, 0.2) is 0 Å². The summed E-state index contributed by atoms with van der Waals surface area (Å²) in [6.45, 7) is 0.984. The second kappa shape index (κ2) is 9.07. The van der Waals surface area contributed by atoms with Crippen molar-refractivity contribution in [3.05, 3.63) is 0 Å². The Balaban J connectivity index is 3.48. The molecule has 0 amide bonds. The molecule has 0 aromatic carbocycles. The number of alkyl halides is 3. The zero-order valence-corrected chi connectivity index (χ0v) is 9.66. The number of hydrogen-bond donors (Lipinski definition) is 0. The van der Waals surface area contributed by atoms with Crippen molar-refractivity contribution >= 4 is 16.9 Å². The van der Waals surface area contributed by atoms with Crippen molar-refractivity contribution in [3.63, 3.8) is 0 Å². The van der Waals surface area contributed by atoms with Crippen LogP contribution in [0.25, 0.3) is 0 Å². The molecule has 0 aliphatic carbocycles. The lowest BCUT2D eigenvalue weighted by molar-refractivity contribution is -0.110. The van der Waals surface area contributed by atoms with E-state index in [1.807, 2.05) is 0 Å². The second-order valence-electron chi connectivity index (χ2n) is 3.27. The zero-order valence-electron chi connectivity index (χ0n) is 8.85. The summed E-state index contributed by atoms with van der Waals surface area (Å²) in [6, 6.07) is 0. The molecule has 0 saturated carbocycles. The first-order valence-electron chi connectivity index (χ1n) is 5.09. The van der Waals surface area contributed by atoms with E-state index in [2.05, 4.69) is 0 Å². The van der Waals surface area contributed by atoms with Crippen molar-refractivity contribution in [1.82, 2.24) is 0 Å². The quantitative estimate of drug-likeness (QED) is 0.648. The fourth-order valence-corrected chi connectivity index (χ4v) is 1.84. The third kappa shape index (κ3) is 8.78. The van der Waals surface area contributed by atoms with Crippen LogP contribution < -0.4 is 0 Å². The molecule has 0 radical (unpaired) electrons. The van der Waals surface area contributed by atoms with Gasteiger partial charge in [-0.05, 0) is 6.42 Å². The molecule has 2 unspecified atom stereocenters. The molecule has 0 fully saturated rings. The van der Waals surface area contributed by atoms with Crippen molar-refractivity contribution in [2.75, 3.05) is 12.4 Å². The van der Waals surface area contributed by atoms with Crippen LogP contribution in [0.1, 0.15) is 32.6 Å². The van der Waals surface area contributed by atoms with Gasteiger partial charge in [0.15, 0.2) is 5.12 Å². The number of thioether (sulfide) groups is 1. The molecule has 90 valence electrons. The van der Waals surface area contributed by atoms with E-state index in [1.54, 1.807) is 6.92 Å². The highest BCUT2D eigenvalue weighted by molar-refractivity contribution is 8.13. The second-order valence-corrected chi connectivity index (χ2v) is 4.42. The number of rotatable bonds is 8.